The van der Waals surface area contributed by atoms with Crippen LogP contribution in [0.4, 0.5) is 18.9 Å². The van der Waals surface area contributed by atoms with Crippen molar-refractivity contribution in [2.75, 3.05) is 4.72 Å². The van der Waals surface area contributed by atoms with Gasteiger partial charge in [-0.25, -0.2) is 13.4 Å². The normalized spacial score (nSPS) is 12.5. The number of alkyl halides is 3. The summed E-state index contributed by atoms with van der Waals surface area (Å²) < 4.78 is 70.4. The van der Waals surface area contributed by atoms with E-state index in [0.717, 1.165) is 0 Å². The fraction of sp³-hybridized carbons (Fsp3) is 0.0714. The van der Waals surface area contributed by atoms with E-state index in [2.05, 4.69) is 30.1 Å². The molecule has 5 nitrogen and oxygen atoms in total. The van der Waals surface area contributed by atoms with E-state index in [1.807, 2.05) is 0 Å². The van der Waals surface area contributed by atoms with Gasteiger partial charge in [-0.1, -0.05) is 22.0 Å². The number of oxazole rings is 1. The molecule has 3 aromatic rings. The minimum absolute atomic E-state index is 0.0396. The summed E-state index contributed by atoms with van der Waals surface area (Å²) in [4.78, 5) is 3.31. The van der Waals surface area contributed by atoms with Crippen molar-refractivity contribution >= 4 is 42.7 Å². The number of benzene rings is 2. The Morgan fingerprint density at radius 3 is 2.38 bits per heavy atom. The molecule has 0 unspecified atom stereocenters. The van der Waals surface area contributed by atoms with Crippen LogP contribution in [0.1, 0.15) is 5.89 Å². The van der Waals surface area contributed by atoms with E-state index in [4.69, 9.17) is 0 Å². The average Bonchev–Trinajstić information content (AvgIpc) is 2.93. The van der Waals surface area contributed by atoms with Gasteiger partial charge >= 0.3 is 12.1 Å². The zero-order valence-corrected chi connectivity index (χ0v) is 14.0. The lowest BCUT2D eigenvalue weighted by molar-refractivity contribution is -0.156. The van der Waals surface area contributed by atoms with Crippen LogP contribution in [0.5, 0.6) is 0 Å². The molecule has 1 aromatic heterocycles. The minimum atomic E-state index is -4.76. The summed E-state index contributed by atoms with van der Waals surface area (Å²) in [7, 11) is -3.98. The van der Waals surface area contributed by atoms with Crippen LogP contribution < -0.4 is 4.72 Å². The number of anilines is 1. The number of para-hydroxylation sites is 1. The number of hydrogen-bond acceptors (Lipinski definition) is 4. The first-order valence-electron chi connectivity index (χ1n) is 6.42. The van der Waals surface area contributed by atoms with E-state index >= 15 is 0 Å². The van der Waals surface area contributed by atoms with E-state index in [1.54, 1.807) is 0 Å². The fourth-order valence-corrected chi connectivity index (χ4v) is 3.30. The highest BCUT2D eigenvalue weighted by Gasteiger charge is 2.38. The molecular formula is C14H8BrF3N2O3S. The van der Waals surface area contributed by atoms with Gasteiger partial charge in [0.05, 0.1) is 10.6 Å². The first-order chi connectivity index (χ1) is 11.2. The Kier molecular flexibility index (Phi) is 4.04. The second kappa shape index (κ2) is 5.78. The number of halogens is 4. The Hall–Kier alpha value is -2.07. The molecule has 1 N–H and O–H groups in total. The molecule has 24 heavy (non-hydrogen) atoms. The van der Waals surface area contributed by atoms with Gasteiger partial charge < -0.3 is 4.42 Å². The number of nitrogens with one attached hydrogen (secondary N) is 1. The van der Waals surface area contributed by atoms with E-state index < -0.39 is 22.1 Å². The summed E-state index contributed by atoms with van der Waals surface area (Å²) in [5.74, 6) is -1.44. The lowest BCUT2D eigenvalue weighted by Crippen LogP contribution is -2.13. The Morgan fingerprint density at radius 2 is 1.75 bits per heavy atom. The SMILES string of the molecule is O=S(=O)(Nc1cccc2oc(C(F)(F)F)nc12)c1ccc(Br)cc1. The lowest BCUT2D eigenvalue weighted by atomic mass is 10.3. The summed E-state index contributed by atoms with van der Waals surface area (Å²) in [6.45, 7) is 0. The number of hydrogen-bond donors (Lipinski definition) is 1. The molecule has 10 heteroatoms. The van der Waals surface area contributed by atoms with Gasteiger partial charge in [0.2, 0.25) is 0 Å². The van der Waals surface area contributed by atoms with Crippen LogP contribution in [0.25, 0.3) is 11.1 Å². The molecule has 0 radical (unpaired) electrons. The molecule has 1 heterocycles. The monoisotopic (exact) mass is 420 g/mol. The maximum Gasteiger partial charge on any atom is 0.468 e. The Morgan fingerprint density at radius 1 is 1.08 bits per heavy atom. The van der Waals surface area contributed by atoms with E-state index in [1.165, 1.54) is 42.5 Å². The van der Waals surface area contributed by atoms with Crippen molar-refractivity contribution in [2.24, 2.45) is 0 Å². The third kappa shape index (κ3) is 3.24. The second-order valence-corrected chi connectivity index (χ2v) is 7.33. The quantitative estimate of drug-likeness (QED) is 0.680. The van der Waals surface area contributed by atoms with E-state index in [-0.39, 0.29) is 21.7 Å². The Labute approximate surface area is 142 Å². The molecule has 0 fully saturated rings. The highest BCUT2D eigenvalue weighted by atomic mass is 79.9. The van der Waals surface area contributed by atoms with Gasteiger partial charge in [-0.3, -0.25) is 4.72 Å². The predicted octanol–water partition coefficient (Wildman–Crippen LogP) is 4.41. The number of aromatic nitrogens is 1. The number of rotatable bonds is 3. The summed E-state index contributed by atoms with van der Waals surface area (Å²) in [6, 6.07) is 9.73. The molecule has 0 aliphatic rings. The smallest absolute Gasteiger partial charge is 0.433 e. The van der Waals surface area contributed by atoms with E-state index in [9.17, 15) is 21.6 Å². The molecule has 126 valence electrons. The van der Waals surface area contributed by atoms with Crippen molar-refractivity contribution in [3.8, 4) is 0 Å². The maximum absolute atomic E-state index is 12.7. The molecule has 0 saturated heterocycles. The predicted molar refractivity (Wildman–Crippen MR) is 84.0 cm³/mol. The zero-order chi connectivity index (χ0) is 17.5. The topological polar surface area (TPSA) is 72.2 Å². The zero-order valence-electron chi connectivity index (χ0n) is 11.6. The minimum Gasteiger partial charge on any atom is -0.433 e. The van der Waals surface area contributed by atoms with Crippen molar-refractivity contribution < 1.29 is 26.0 Å². The first kappa shape index (κ1) is 16.8. The van der Waals surface area contributed by atoms with Gasteiger partial charge in [0.1, 0.15) is 5.52 Å². The second-order valence-electron chi connectivity index (χ2n) is 4.73. The first-order valence-corrected chi connectivity index (χ1v) is 8.69. The van der Waals surface area contributed by atoms with Gasteiger partial charge in [-0.2, -0.15) is 13.2 Å². The number of nitrogens with zero attached hydrogens (tertiary/aromatic N) is 1. The standard InChI is InChI=1S/C14H8BrF3N2O3S/c15-8-4-6-9(7-5-8)24(21,22)20-10-2-1-3-11-12(10)19-13(23-11)14(16,17)18/h1-7,20H. The summed E-state index contributed by atoms with van der Waals surface area (Å²) in [5, 5.41) is 0. The molecular weight excluding hydrogens is 413 g/mol. The lowest BCUT2D eigenvalue weighted by Gasteiger charge is -2.08. The summed E-state index contributed by atoms with van der Waals surface area (Å²) in [5.41, 5.74) is -0.487. The largest absolute Gasteiger partial charge is 0.468 e. The van der Waals surface area contributed by atoms with Gasteiger partial charge in [-0.05, 0) is 36.4 Å². The molecule has 0 saturated carbocycles. The molecule has 0 aliphatic carbocycles. The third-order valence-electron chi connectivity index (χ3n) is 3.03. The molecule has 0 spiro atoms. The van der Waals surface area contributed by atoms with Crippen LogP contribution in [0, 0.1) is 0 Å². The van der Waals surface area contributed by atoms with Crippen LogP contribution in [-0.2, 0) is 16.2 Å². The highest BCUT2D eigenvalue weighted by molar-refractivity contribution is 9.10. The Bertz CT molecular complexity index is 998. The fourth-order valence-electron chi connectivity index (χ4n) is 1.97. The highest BCUT2D eigenvalue weighted by Crippen LogP contribution is 2.34. The van der Waals surface area contributed by atoms with E-state index in [0.29, 0.717) is 4.47 Å². The molecule has 0 aliphatic heterocycles. The van der Waals surface area contributed by atoms with Crippen LogP contribution in [0.15, 0.2) is 56.2 Å². The van der Waals surface area contributed by atoms with Crippen molar-refractivity contribution in [1.29, 1.82) is 0 Å². The third-order valence-corrected chi connectivity index (χ3v) is 4.94. The Balaban J connectivity index is 2.03. The molecule has 0 amide bonds. The summed E-state index contributed by atoms with van der Waals surface area (Å²) in [6.07, 6.45) is -4.76. The van der Waals surface area contributed by atoms with Crippen molar-refractivity contribution in [3.63, 3.8) is 0 Å². The van der Waals surface area contributed by atoms with Crippen molar-refractivity contribution in [3.05, 3.63) is 52.8 Å². The van der Waals surface area contributed by atoms with Crippen LogP contribution >= 0.6 is 15.9 Å². The average molecular weight is 421 g/mol. The van der Waals surface area contributed by atoms with Crippen molar-refractivity contribution in [2.45, 2.75) is 11.1 Å². The molecule has 0 atom stereocenters. The summed E-state index contributed by atoms with van der Waals surface area (Å²) >= 11 is 3.19. The van der Waals surface area contributed by atoms with Gasteiger partial charge in [-0.15, -0.1) is 0 Å². The molecule has 3 rings (SSSR count). The van der Waals surface area contributed by atoms with Crippen molar-refractivity contribution in [1.82, 2.24) is 4.98 Å². The van der Waals surface area contributed by atoms with Gasteiger partial charge in [0.25, 0.3) is 10.0 Å². The van der Waals surface area contributed by atoms with Crippen LogP contribution in [-0.4, -0.2) is 13.4 Å². The van der Waals surface area contributed by atoms with Crippen LogP contribution in [0.2, 0.25) is 0 Å². The number of sulfonamides is 1. The van der Waals surface area contributed by atoms with Gasteiger partial charge in [0, 0.05) is 4.47 Å². The molecule has 0 bridgehead atoms. The maximum atomic E-state index is 12.7. The number of fused-ring (bicyclic) bond motifs is 1. The van der Waals surface area contributed by atoms with Crippen LogP contribution in [0.3, 0.4) is 0 Å². The molecule has 2 aromatic carbocycles. The van der Waals surface area contributed by atoms with Gasteiger partial charge in [0.15, 0.2) is 5.58 Å².